The Kier molecular flexibility index (Phi) is 6.05. The third-order valence-corrected chi connectivity index (χ3v) is 6.21. The fourth-order valence-electron chi connectivity index (χ4n) is 3.19. The fraction of sp³-hybridized carbons (Fsp3) is 0.316. The molecule has 2 N–H and O–H groups in total. The van der Waals surface area contributed by atoms with Gasteiger partial charge in [0, 0.05) is 29.4 Å². The van der Waals surface area contributed by atoms with Crippen molar-refractivity contribution in [1.29, 1.82) is 0 Å². The van der Waals surface area contributed by atoms with E-state index in [4.69, 9.17) is 0 Å². The number of sulfonamides is 1. The minimum absolute atomic E-state index is 0.0352. The number of hydrogen-bond acceptors (Lipinski definition) is 5. The quantitative estimate of drug-likeness (QED) is 0.566. The van der Waals surface area contributed by atoms with E-state index in [-0.39, 0.29) is 22.2 Å². The van der Waals surface area contributed by atoms with Crippen LogP contribution in [0.2, 0.25) is 0 Å². The summed E-state index contributed by atoms with van der Waals surface area (Å²) in [6.45, 7) is 0. The molecule has 2 aromatic carbocycles. The summed E-state index contributed by atoms with van der Waals surface area (Å²) in [4.78, 5) is 22.6. The van der Waals surface area contributed by atoms with Crippen LogP contribution in [0.5, 0.6) is 0 Å². The lowest BCUT2D eigenvalue weighted by Gasteiger charge is -2.22. The molecule has 148 valence electrons. The topological polar surface area (TPSA) is 118 Å². The molecule has 1 aliphatic carbocycles. The molecule has 3 rings (SSSR count). The number of nitro groups is 1. The lowest BCUT2D eigenvalue weighted by molar-refractivity contribution is -0.384. The molecule has 0 spiro atoms. The summed E-state index contributed by atoms with van der Waals surface area (Å²) in [5.41, 5.74) is 0.362. The summed E-state index contributed by atoms with van der Waals surface area (Å²) < 4.78 is 27.7. The van der Waals surface area contributed by atoms with Gasteiger partial charge in [-0.1, -0.05) is 25.3 Å². The summed E-state index contributed by atoms with van der Waals surface area (Å²) in [5, 5.41) is 13.4. The number of non-ortho nitro benzene ring substituents is 1. The first-order valence-corrected chi connectivity index (χ1v) is 10.5. The van der Waals surface area contributed by atoms with Crippen LogP contribution in [0.15, 0.2) is 53.4 Å². The summed E-state index contributed by atoms with van der Waals surface area (Å²) in [6.07, 6.45) is 4.87. The van der Waals surface area contributed by atoms with Crippen LogP contribution in [-0.2, 0) is 10.0 Å². The maximum atomic E-state index is 12.5. The van der Waals surface area contributed by atoms with Crippen LogP contribution in [0, 0.1) is 10.1 Å². The first-order valence-electron chi connectivity index (χ1n) is 9.03. The van der Waals surface area contributed by atoms with E-state index < -0.39 is 20.9 Å². The Morgan fingerprint density at radius 3 is 2.36 bits per heavy atom. The van der Waals surface area contributed by atoms with Gasteiger partial charge in [-0.3, -0.25) is 14.9 Å². The van der Waals surface area contributed by atoms with E-state index >= 15 is 0 Å². The molecule has 1 aliphatic rings. The Bertz CT molecular complexity index is 967. The van der Waals surface area contributed by atoms with Crippen molar-refractivity contribution in [2.45, 2.75) is 43.0 Å². The van der Waals surface area contributed by atoms with Crippen molar-refractivity contribution < 1.29 is 18.1 Å². The largest absolute Gasteiger partial charge is 0.322 e. The van der Waals surface area contributed by atoms with Gasteiger partial charge < -0.3 is 5.32 Å². The van der Waals surface area contributed by atoms with Crippen LogP contribution in [0.1, 0.15) is 42.5 Å². The number of amides is 1. The van der Waals surface area contributed by atoms with E-state index in [2.05, 4.69) is 10.0 Å². The second-order valence-corrected chi connectivity index (χ2v) is 8.46. The zero-order chi connectivity index (χ0) is 20.1. The fourth-order valence-corrected chi connectivity index (χ4v) is 4.49. The van der Waals surface area contributed by atoms with Gasteiger partial charge in [0.2, 0.25) is 10.0 Å². The Morgan fingerprint density at radius 2 is 1.71 bits per heavy atom. The summed E-state index contributed by atoms with van der Waals surface area (Å²) in [7, 11) is -3.61. The van der Waals surface area contributed by atoms with E-state index in [0.29, 0.717) is 5.69 Å². The maximum absolute atomic E-state index is 12.5. The standard InChI is InChI=1S/C19H21N3O5S/c23-19(14-5-4-8-17(13-14)22(24)25)20-15-9-11-18(12-10-15)28(26,27)21-16-6-2-1-3-7-16/h4-5,8-13,16,21H,1-3,6-7H2,(H,20,23). The number of carbonyl (C=O) groups excluding carboxylic acids is 1. The van der Waals surface area contributed by atoms with E-state index in [9.17, 15) is 23.3 Å². The van der Waals surface area contributed by atoms with Gasteiger partial charge in [0.15, 0.2) is 0 Å². The number of carbonyl (C=O) groups is 1. The van der Waals surface area contributed by atoms with Gasteiger partial charge in [0.1, 0.15) is 0 Å². The number of hydrogen-bond donors (Lipinski definition) is 2. The van der Waals surface area contributed by atoms with Crippen molar-refractivity contribution in [1.82, 2.24) is 4.72 Å². The van der Waals surface area contributed by atoms with E-state index in [1.807, 2.05) is 0 Å². The molecular formula is C19H21N3O5S. The minimum Gasteiger partial charge on any atom is -0.322 e. The van der Waals surface area contributed by atoms with Gasteiger partial charge in [-0.05, 0) is 43.2 Å². The van der Waals surface area contributed by atoms with Crippen LogP contribution >= 0.6 is 0 Å². The number of benzene rings is 2. The second kappa shape index (κ2) is 8.49. The first-order chi connectivity index (χ1) is 13.3. The molecule has 0 saturated heterocycles. The molecule has 2 aromatic rings. The van der Waals surface area contributed by atoms with Gasteiger partial charge in [-0.25, -0.2) is 13.1 Å². The van der Waals surface area contributed by atoms with Gasteiger partial charge >= 0.3 is 0 Å². The Labute approximate surface area is 163 Å². The molecule has 8 nitrogen and oxygen atoms in total. The average Bonchev–Trinajstić information content (AvgIpc) is 2.69. The van der Waals surface area contributed by atoms with Crippen LogP contribution in [0.25, 0.3) is 0 Å². The third-order valence-electron chi connectivity index (χ3n) is 4.67. The molecule has 28 heavy (non-hydrogen) atoms. The molecule has 0 heterocycles. The zero-order valence-corrected chi connectivity index (χ0v) is 15.9. The molecular weight excluding hydrogens is 382 g/mol. The van der Waals surface area contributed by atoms with Crippen molar-refractivity contribution in [3.8, 4) is 0 Å². The van der Waals surface area contributed by atoms with Crippen molar-refractivity contribution in [2.24, 2.45) is 0 Å². The number of nitrogens with zero attached hydrogens (tertiary/aromatic N) is 1. The minimum atomic E-state index is -3.61. The summed E-state index contributed by atoms with van der Waals surface area (Å²) in [5.74, 6) is -0.514. The highest BCUT2D eigenvalue weighted by Crippen LogP contribution is 2.21. The maximum Gasteiger partial charge on any atom is 0.270 e. The molecule has 0 aromatic heterocycles. The number of nitro benzene ring substituents is 1. The molecule has 0 unspecified atom stereocenters. The van der Waals surface area contributed by atoms with Crippen LogP contribution in [-0.4, -0.2) is 25.3 Å². The van der Waals surface area contributed by atoms with Crippen molar-refractivity contribution in [3.05, 3.63) is 64.2 Å². The molecule has 1 amide bonds. The molecule has 1 fully saturated rings. The summed E-state index contributed by atoms with van der Waals surface area (Å²) in [6, 6.07) is 11.2. The number of rotatable bonds is 6. The average molecular weight is 403 g/mol. The van der Waals surface area contributed by atoms with E-state index in [1.54, 1.807) is 0 Å². The normalized spacial score (nSPS) is 15.1. The van der Waals surface area contributed by atoms with Gasteiger partial charge in [0.05, 0.1) is 9.82 Å². The predicted octanol–water partition coefficient (Wildman–Crippen LogP) is 3.46. The molecule has 1 saturated carbocycles. The van der Waals surface area contributed by atoms with Crippen molar-refractivity contribution in [3.63, 3.8) is 0 Å². The monoisotopic (exact) mass is 403 g/mol. The number of nitrogens with one attached hydrogen (secondary N) is 2. The lowest BCUT2D eigenvalue weighted by Crippen LogP contribution is -2.36. The van der Waals surface area contributed by atoms with Crippen molar-refractivity contribution >= 4 is 27.3 Å². The highest BCUT2D eigenvalue weighted by atomic mass is 32.2. The van der Waals surface area contributed by atoms with Gasteiger partial charge in [-0.2, -0.15) is 0 Å². The SMILES string of the molecule is O=C(Nc1ccc(S(=O)(=O)NC2CCCCC2)cc1)c1cccc([N+](=O)[O-])c1. The Morgan fingerprint density at radius 1 is 1.04 bits per heavy atom. The van der Waals surface area contributed by atoms with Gasteiger partial charge in [0.25, 0.3) is 11.6 Å². The first kappa shape index (κ1) is 20.0. The Hall–Kier alpha value is -2.78. The second-order valence-electron chi connectivity index (χ2n) is 6.74. The van der Waals surface area contributed by atoms with Gasteiger partial charge in [-0.15, -0.1) is 0 Å². The third kappa shape index (κ3) is 4.93. The molecule has 0 aliphatic heterocycles. The van der Waals surface area contributed by atoms with Crippen LogP contribution in [0.4, 0.5) is 11.4 Å². The smallest absolute Gasteiger partial charge is 0.270 e. The molecule has 0 bridgehead atoms. The van der Waals surface area contributed by atoms with Crippen LogP contribution < -0.4 is 10.0 Å². The zero-order valence-electron chi connectivity index (χ0n) is 15.1. The highest BCUT2D eigenvalue weighted by molar-refractivity contribution is 7.89. The molecule has 0 atom stereocenters. The van der Waals surface area contributed by atoms with E-state index in [1.165, 1.54) is 48.5 Å². The van der Waals surface area contributed by atoms with Crippen molar-refractivity contribution in [2.75, 3.05) is 5.32 Å². The van der Waals surface area contributed by atoms with E-state index in [0.717, 1.165) is 32.1 Å². The number of anilines is 1. The molecule has 9 heteroatoms. The lowest BCUT2D eigenvalue weighted by atomic mass is 9.96. The summed E-state index contributed by atoms with van der Waals surface area (Å²) >= 11 is 0. The van der Waals surface area contributed by atoms with Crippen LogP contribution in [0.3, 0.4) is 0 Å². The molecule has 0 radical (unpaired) electrons. The Balaban J connectivity index is 1.67. The predicted molar refractivity (Wildman–Crippen MR) is 105 cm³/mol. The highest BCUT2D eigenvalue weighted by Gasteiger charge is 2.21.